The van der Waals surface area contributed by atoms with Crippen LogP contribution in [-0.4, -0.2) is 46.9 Å². The third kappa shape index (κ3) is 39.6. The zero-order valence-electron chi connectivity index (χ0n) is 36.9. The predicted molar refractivity (Wildman–Crippen MR) is 245 cm³/mol. The van der Waals surface area contributed by atoms with Crippen molar-refractivity contribution in [1.29, 1.82) is 0 Å². The van der Waals surface area contributed by atoms with Crippen LogP contribution in [0.1, 0.15) is 201 Å². The molecule has 0 aromatic heterocycles. The number of nitrogens with one attached hydrogen (secondary N) is 1. The third-order valence-electron chi connectivity index (χ3n) is 10.1. The third-order valence-corrected chi connectivity index (χ3v) is 10.1. The number of unbranched alkanes of at least 4 members (excludes halogenated alkanes) is 19. The maximum Gasteiger partial charge on any atom is 0.306 e. The molecule has 0 aliphatic rings. The molecule has 0 spiro atoms. The lowest BCUT2D eigenvalue weighted by atomic mass is 10.0. The van der Waals surface area contributed by atoms with Crippen molar-refractivity contribution in [3.05, 3.63) is 85.1 Å². The Hall–Kier alpha value is -2.96. The molecule has 0 aliphatic carbocycles. The van der Waals surface area contributed by atoms with Gasteiger partial charge in [-0.25, -0.2) is 0 Å². The van der Waals surface area contributed by atoms with E-state index in [-0.39, 0.29) is 31.3 Å². The number of aliphatic hydroxyl groups excluding tert-OH is 2. The minimum Gasteiger partial charge on any atom is -0.461 e. The van der Waals surface area contributed by atoms with Gasteiger partial charge in [0.1, 0.15) is 6.10 Å². The van der Waals surface area contributed by atoms with Crippen molar-refractivity contribution >= 4 is 11.9 Å². The van der Waals surface area contributed by atoms with Crippen LogP contribution in [0.2, 0.25) is 0 Å². The molecule has 0 radical (unpaired) electrons. The summed E-state index contributed by atoms with van der Waals surface area (Å²) in [5.41, 5.74) is 0. The van der Waals surface area contributed by atoms with Crippen LogP contribution >= 0.6 is 0 Å². The smallest absolute Gasteiger partial charge is 0.306 e. The van der Waals surface area contributed by atoms with E-state index in [0.29, 0.717) is 19.3 Å². The molecule has 0 rings (SSSR count). The lowest BCUT2D eigenvalue weighted by Gasteiger charge is -2.24. The van der Waals surface area contributed by atoms with E-state index in [0.717, 1.165) is 38.5 Å². The quantitative estimate of drug-likeness (QED) is 0.0248. The number of carbonyl (C=O) groups is 2. The van der Waals surface area contributed by atoms with Gasteiger partial charge in [0.05, 0.1) is 25.2 Å². The van der Waals surface area contributed by atoms with Gasteiger partial charge < -0.3 is 20.3 Å². The van der Waals surface area contributed by atoms with Crippen LogP contribution < -0.4 is 5.32 Å². The van der Waals surface area contributed by atoms with Gasteiger partial charge in [-0.3, -0.25) is 9.59 Å². The summed E-state index contributed by atoms with van der Waals surface area (Å²) in [6.45, 7) is 6.26. The van der Waals surface area contributed by atoms with Crippen molar-refractivity contribution in [2.75, 3.05) is 6.61 Å². The van der Waals surface area contributed by atoms with Crippen LogP contribution in [0, 0.1) is 0 Å². The monoisotopic (exact) mass is 794 g/mol. The van der Waals surface area contributed by atoms with E-state index in [1.165, 1.54) is 109 Å². The molecule has 0 bridgehead atoms. The molecule has 3 atom stereocenters. The molecule has 0 saturated heterocycles. The second-order valence-corrected chi connectivity index (χ2v) is 15.6. The van der Waals surface area contributed by atoms with Crippen LogP contribution in [0.3, 0.4) is 0 Å². The lowest BCUT2D eigenvalue weighted by Crippen LogP contribution is -2.46. The first-order chi connectivity index (χ1) is 28.0. The molecule has 326 valence electrons. The van der Waals surface area contributed by atoms with Gasteiger partial charge >= 0.3 is 5.97 Å². The lowest BCUT2D eigenvalue weighted by molar-refractivity contribution is -0.150. The fraction of sp³-hybridized carbons (Fsp3) is 0.686. The highest BCUT2D eigenvalue weighted by molar-refractivity contribution is 5.77. The number of esters is 1. The molecule has 3 unspecified atom stereocenters. The molecule has 1 amide bonds. The van der Waals surface area contributed by atoms with Gasteiger partial charge in [-0.05, 0) is 38.5 Å². The SMILES string of the molecule is CC/C=C/C=C/C=C\C=C/C=C/CC(CC(=O)NC(CO)C(O)CCCCCCCCCCCCCCCC)OC(=O)CC/C=C/C/C=C\CCCCCCCC. The Bertz CT molecular complexity index is 1120. The zero-order valence-corrected chi connectivity index (χ0v) is 36.9. The number of hydrogen-bond donors (Lipinski definition) is 3. The van der Waals surface area contributed by atoms with Crippen molar-refractivity contribution in [2.45, 2.75) is 219 Å². The number of hydrogen-bond acceptors (Lipinski definition) is 5. The normalized spacial score (nSPS) is 14.1. The first-order valence-corrected chi connectivity index (χ1v) is 23.4. The standard InChI is InChI=1S/C51H87NO5/c1-4-7-10-13-16-19-22-24-26-28-31-34-37-40-43-49(54)48(46-53)52-50(55)45-47(42-39-36-33-30-27-21-18-15-12-9-6-3)57-51(56)44-41-38-35-32-29-25-23-20-17-14-11-8-5-2/h9,12,15,18,21,25,27,29-30,33,35-36,38-39,47-49,53-54H,4-8,10-11,13-14,16-17,19-20,22-24,26,28,31-32,34,37,40-46H2,1-3H3,(H,52,55)/b12-9+,18-15+,27-21-,29-25-,33-30-,38-35+,39-36+. The summed E-state index contributed by atoms with van der Waals surface area (Å²) in [5.74, 6) is -0.696. The van der Waals surface area contributed by atoms with Gasteiger partial charge in [-0.2, -0.15) is 0 Å². The van der Waals surface area contributed by atoms with E-state index >= 15 is 0 Å². The van der Waals surface area contributed by atoms with Crippen LogP contribution in [0.15, 0.2) is 85.1 Å². The summed E-state index contributed by atoms with van der Waals surface area (Å²) < 4.78 is 5.78. The number of allylic oxidation sites excluding steroid dienone is 13. The average Bonchev–Trinajstić information content (AvgIpc) is 3.20. The first-order valence-electron chi connectivity index (χ1n) is 23.4. The molecular formula is C51H87NO5. The van der Waals surface area contributed by atoms with E-state index < -0.39 is 18.2 Å². The average molecular weight is 794 g/mol. The van der Waals surface area contributed by atoms with Gasteiger partial charge in [0, 0.05) is 12.8 Å². The highest BCUT2D eigenvalue weighted by Gasteiger charge is 2.23. The van der Waals surface area contributed by atoms with Crippen molar-refractivity contribution < 1.29 is 24.5 Å². The number of aliphatic hydroxyl groups is 2. The molecule has 0 saturated carbocycles. The van der Waals surface area contributed by atoms with Gasteiger partial charge in [0.25, 0.3) is 0 Å². The molecule has 0 aliphatic heterocycles. The summed E-state index contributed by atoms with van der Waals surface area (Å²) in [4.78, 5) is 25.9. The summed E-state index contributed by atoms with van der Waals surface area (Å²) in [6, 6.07) is -0.752. The Balaban J connectivity index is 4.76. The molecule has 6 nitrogen and oxygen atoms in total. The molecule has 0 heterocycles. The van der Waals surface area contributed by atoms with Gasteiger partial charge in [0.2, 0.25) is 5.91 Å². The van der Waals surface area contributed by atoms with Gasteiger partial charge in [-0.15, -0.1) is 0 Å². The topological polar surface area (TPSA) is 95.9 Å². The summed E-state index contributed by atoms with van der Waals surface area (Å²) in [6.07, 6.45) is 56.8. The van der Waals surface area contributed by atoms with Crippen molar-refractivity contribution in [3.63, 3.8) is 0 Å². The largest absolute Gasteiger partial charge is 0.461 e. The minimum absolute atomic E-state index is 0.0446. The summed E-state index contributed by atoms with van der Waals surface area (Å²) in [5, 5.41) is 23.6. The molecule has 6 heteroatoms. The van der Waals surface area contributed by atoms with Crippen LogP contribution in [0.25, 0.3) is 0 Å². The zero-order chi connectivity index (χ0) is 41.7. The number of amides is 1. The Labute approximate surface area is 351 Å². The van der Waals surface area contributed by atoms with Crippen molar-refractivity contribution in [1.82, 2.24) is 5.32 Å². The molecular weight excluding hydrogens is 707 g/mol. The van der Waals surface area contributed by atoms with E-state index in [1.54, 1.807) is 0 Å². The fourth-order valence-corrected chi connectivity index (χ4v) is 6.56. The van der Waals surface area contributed by atoms with E-state index in [4.69, 9.17) is 4.74 Å². The van der Waals surface area contributed by atoms with Crippen molar-refractivity contribution in [3.8, 4) is 0 Å². The maximum absolute atomic E-state index is 13.1. The molecule has 57 heavy (non-hydrogen) atoms. The van der Waals surface area contributed by atoms with E-state index in [1.807, 2.05) is 60.8 Å². The highest BCUT2D eigenvalue weighted by atomic mass is 16.5. The van der Waals surface area contributed by atoms with Gasteiger partial charge in [-0.1, -0.05) is 228 Å². The Morgan fingerprint density at radius 1 is 0.561 bits per heavy atom. The van der Waals surface area contributed by atoms with Crippen LogP contribution in [0.4, 0.5) is 0 Å². The van der Waals surface area contributed by atoms with Crippen molar-refractivity contribution in [2.24, 2.45) is 0 Å². The number of ether oxygens (including phenoxy) is 1. The number of carbonyl (C=O) groups excluding carboxylic acids is 2. The van der Waals surface area contributed by atoms with Gasteiger partial charge in [0.15, 0.2) is 0 Å². The summed E-state index contributed by atoms with van der Waals surface area (Å²) >= 11 is 0. The van der Waals surface area contributed by atoms with Crippen LogP contribution in [-0.2, 0) is 14.3 Å². The van der Waals surface area contributed by atoms with Crippen LogP contribution in [0.5, 0.6) is 0 Å². The Morgan fingerprint density at radius 2 is 1.04 bits per heavy atom. The minimum atomic E-state index is -0.829. The Kier molecular flexibility index (Phi) is 41.9. The summed E-state index contributed by atoms with van der Waals surface area (Å²) in [7, 11) is 0. The molecule has 0 aromatic rings. The molecule has 0 fully saturated rings. The number of rotatable bonds is 40. The Morgan fingerprint density at radius 3 is 1.56 bits per heavy atom. The molecule has 3 N–H and O–H groups in total. The second kappa shape index (κ2) is 44.1. The fourth-order valence-electron chi connectivity index (χ4n) is 6.56. The van der Waals surface area contributed by atoms with E-state index in [2.05, 4.69) is 50.4 Å². The first kappa shape index (κ1) is 54.0. The molecule has 0 aromatic carbocycles. The second-order valence-electron chi connectivity index (χ2n) is 15.6. The maximum atomic E-state index is 13.1. The van der Waals surface area contributed by atoms with E-state index in [9.17, 15) is 19.8 Å². The highest BCUT2D eigenvalue weighted by Crippen LogP contribution is 2.15. The predicted octanol–water partition coefficient (Wildman–Crippen LogP) is 13.6.